The minimum Gasteiger partial charge on any atom is -0.494 e. The molecule has 0 fully saturated rings. The van der Waals surface area contributed by atoms with Crippen LogP contribution in [-0.4, -0.2) is 37.7 Å². The summed E-state index contributed by atoms with van der Waals surface area (Å²) in [5.41, 5.74) is 1.31. The van der Waals surface area contributed by atoms with E-state index in [0.29, 0.717) is 6.04 Å². The van der Waals surface area contributed by atoms with Crippen LogP contribution in [0.3, 0.4) is 0 Å². The summed E-state index contributed by atoms with van der Waals surface area (Å²) in [7, 11) is 2.19. The Morgan fingerprint density at radius 2 is 1.85 bits per heavy atom. The molecular weight excluding hydrogens is 248 g/mol. The fourth-order valence-electron chi connectivity index (χ4n) is 1.97. The lowest BCUT2D eigenvalue weighted by atomic mass is 10.2. The lowest BCUT2D eigenvalue weighted by Gasteiger charge is -2.20. The zero-order chi connectivity index (χ0) is 14.8. The highest BCUT2D eigenvalue weighted by molar-refractivity contribution is 5.27. The molecule has 3 heteroatoms. The van der Waals surface area contributed by atoms with Crippen LogP contribution < -0.4 is 10.1 Å². The highest BCUT2D eigenvalue weighted by Crippen LogP contribution is 2.11. The van der Waals surface area contributed by atoms with Crippen LogP contribution in [0.5, 0.6) is 5.75 Å². The number of unbranched alkanes of at least 4 members (excludes halogenated alkanes) is 1. The average Bonchev–Trinajstić information content (AvgIpc) is 2.44. The Balaban J connectivity index is 2.09. The highest BCUT2D eigenvalue weighted by atomic mass is 16.5. The van der Waals surface area contributed by atoms with Gasteiger partial charge in [0.2, 0.25) is 0 Å². The van der Waals surface area contributed by atoms with Gasteiger partial charge in [-0.1, -0.05) is 12.1 Å². The molecule has 0 aliphatic rings. The predicted molar refractivity (Wildman–Crippen MR) is 86.3 cm³/mol. The van der Waals surface area contributed by atoms with E-state index in [1.165, 1.54) is 24.9 Å². The van der Waals surface area contributed by atoms with Crippen molar-refractivity contribution in [2.24, 2.45) is 0 Å². The van der Waals surface area contributed by atoms with E-state index in [-0.39, 0.29) is 0 Å². The average molecular weight is 278 g/mol. The van der Waals surface area contributed by atoms with Crippen molar-refractivity contribution < 1.29 is 4.74 Å². The maximum Gasteiger partial charge on any atom is 0.119 e. The topological polar surface area (TPSA) is 24.5 Å². The van der Waals surface area contributed by atoms with Crippen LogP contribution >= 0.6 is 0 Å². The molecule has 0 saturated carbocycles. The first-order chi connectivity index (χ1) is 9.63. The molecule has 1 aromatic rings. The van der Waals surface area contributed by atoms with Crippen LogP contribution in [0.15, 0.2) is 24.3 Å². The number of benzene rings is 1. The van der Waals surface area contributed by atoms with E-state index in [4.69, 9.17) is 4.74 Å². The smallest absolute Gasteiger partial charge is 0.119 e. The third-order valence-corrected chi connectivity index (χ3v) is 3.56. The zero-order valence-electron chi connectivity index (χ0n) is 13.5. The van der Waals surface area contributed by atoms with E-state index in [2.05, 4.69) is 43.2 Å². The second-order valence-corrected chi connectivity index (χ2v) is 5.54. The first-order valence-corrected chi connectivity index (χ1v) is 7.76. The molecule has 1 rings (SSSR count). The standard InChI is InChI=1S/C17H30N2O/c1-5-20-17-10-8-16(9-11-17)14-18-12-6-7-13-19(4)15(2)3/h8-11,15,18H,5-7,12-14H2,1-4H3. The molecule has 1 N–H and O–H groups in total. The van der Waals surface area contributed by atoms with E-state index in [1.807, 2.05) is 19.1 Å². The summed E-state index contributed by atoms with van der Waals surface area (Å²) < 4.78 is 5.44. The van der Waals surface area contributed by atoms with Crippen LogP contribution in [0.4, 0.5) is 0 Å². The molecule has 0 spiro atoms. The highest BCUT2D eigenvalue weighted by Gasteiger charge is 2.01. The largest absolute Gasteiger partial charge is 0.494 e. The molecule has 0 amide bonds. The van der Waals surface area contributed by atoms with Gasteiger partial charge in [0, 0.05) is 12.6 Å². The van der Waals surface area contributed by atoms with Crippen LogP contribution in [-0.2, 0) is 6.54 Å². The van der Waals surface area contributed by atoms with Gasteiger partial charge < -0.3 is 15.0 Å². The number of hydrogen-bond donors (Lipinski definition) is 1. The van der Waals surface area contributed by atoms with Gasteiger partial charge in [0.05, 0.1) is 6.61 Å². The van der Waals surface area contributed by atoms with Gasteiger partial charge in [-0.25, -0.2) is 0 Å². The van der Waals surface area contributed by atoms with Gasteiger partial charge in [0.25, 0.3) is 0 Å². The van der Waals surface area contributed by atoms with Crippen molar-refractivity contribution in [1.29, 1.82) is 0 Å². The molecule has 20 heavy (non-hydrogen) atoms. The minimum absolute atomic E-state index is 0.645. The normalized spacial score (nSPS) is 11.3. The van der Waals surface area contributed by atoms with E-state index in [1.54, 1.807) is 0 Å². The van der Waals surface area contributed by atoms with Crippen LogP contribution in [0.1, 0.15) is 39.2 Å². The Morgan fingerprint density at radius 3 is 2.45 bits per heavy atom. The third kappa shape index (κ3) is 6.92. The zero-order valence-corrected chi connectivity index (χ0v) is 13.5. The van der Waals surface area contributed by atoms with Gasteiger partial charge >= 0.3 is 0 Å². The van der Waals surface area contributed by atoms with Gasteiger partial charge in [-0.2, -0.15) is 0 Å². The van der Waals surface area contributed by atoms with Gasteiger partial charge in [-0.05, 0) is 71.4 Å². The van der Waals surface area contributed by atoms with Crippen molar-refractivity contribution in [2.45, 2.75) is 46.2 Å². The Labute approximate surface area is 124 Å². The van der Waals surface area contributed by atoms with Crippen LogP contribution in [0.2, 0.25) is 0 Å². The van der Waals surface area contributed by atoms with Crippen molar-refractivity contribution in [3.05, 3.63) is 29.8 Å². The van der Waals surface area contributed by atoms with Crippen molar-refractivity contribution >= 4 is 0 Å². The molecule has 0 atom stereocenters. The third-order valence-electron chi connectivity index (χ3n) is 3.56. The first-order valence-electron chi connectivity index (χ1n) is 7.76. The number of nitrogens with one attached hydrogen (secondary N) is 1. The molecule has 0 saturated heterocycles. The Bertz CT molecular complexity index is 349. The Morgan fingerprint density at radius 1 is 1.15 bits per heavy atom. The lowest BCUT2D eigenvalue weighted by molar-refractivity contribution is 0.268. The van der Waals surface area contributed by atoms with E-state index in [9.17, 15) is 0 Å². The predicted octanol–water partition coefficient (Wildman–Crippen LogP) is 3.30. The maximum atomic E-state index is 5.44. The summed E-state index contributed by atoms with van der Waals surface area (Å²) in [4.78, 5) is 2.40. The van der Waals surface area contributed by atoms with E-state index < -0.39 is 0 Å². The molecule has 114 valence electrons. The molecule has 0 radical (unpaired) electrons. The summed E-state index contributed by atoms with van der Waals surface area (Å²) in [6.45, 7) is 10.4. The SMILES string of the molecule is CCOc1ccc(CNCCCCN(C)C(C)C)cc1. The number of rotatable bonds is 10. The minimum atomic E-state index is 0.645. The van der Waals surface area contributed by atoms with Crippen molar-refractivity contribution in [3.63, 3.8) is 0 Å². The fourth-order valence-corrected chi connectivity index (χ4v) is 1.97. The summed E-state index contributed by atoms with van der Waals surface area (Å²) in [6, 6.07) is 8.98. The maximum absolute atomic E-state index is 5.44. The molecule has 1 aromatic carbocycles. The lowest BCUT2D eigenvalue weighted by Crippen LogP contribution is -2.27. The molecule has 0 aliphatic heterocycles. The Hall–Kier alpha value is -1.06. The second kappa shape index (κ2) is 9.78. The quantitative estimate of drug-likeness (QED) is 0.665. The van der Waals surface area contributed by atoms with E-state index in [0.717, 1.165) is 25.4 Å². The van der Waals surface area contributed by atoms with Crippen molar-refractivity contribution in [1.82, 2.24) is 10.2 Å². The van der Waals surface area contributed by atoms with Crippen molar-refractivity contribution in [3.8, 4) is 5.75 Å². The number of ether oxygens (including phenoxy) is 1. The van der Waals surface area contributed by atoms with Crippen LogP contribution in [0.25, 0.3) is 0 Å². The van der Waals surface area contributed by atoms with E-state index >= 15 is 0 Å². The molecule has 0 heterocycles. The van der Waals surface area contributed by atoms with Crippen LogP contribution in [0, 0.1) is 0 Å². The molecule has 0 unspecified atom stereocenters. The second-order valence-electron chi connectivity index (χ2n) is 5.54. The first kappa shape index (κ1) is 17.0. The summed E-state index contributed by atoms with van der Waals surface area (Å²) in [6.07, 6.45) is 2.49. The summed E-state index contributed by atoms with van der Waals surface area (Å²) in [5, 5.41) is 3.50. The van der Waals surface area contributed by atoms with Gasteiger partial charge in [0.1, 0.15) is 5.75 Å². The van der Waals surface area contributed by atoms with Crippen molar-refractivity contribution in [2.75, 3.05) is 26.7 Å². The molecule has 0 aliphatic carbocycles. The van der Waals surface area contributed by atoms with Gasteiger partial charge in [-0.15, -0.1) is 0 Å². The Kier molecular flexibility index (Phi) is 8.31. The summed E-state index contributed by atoms with van der Waals surface area (Å²) in [5.74, 6) is 0.952. The monoisotopic (exact) mass is 278 g/mol. The molecular formula is C17H30N2O. The summed E-state index contributed by atoms with van der Waals surface area (Å²) >= 11 is 0. The molecule has 0 bridgehead atoms. The molecule has 0 aromatic heterocycles. The fraction of sp³-hybridized carbons (Fsp3) is 0.647. The number of nitrogens with zero attached hydrogens (tertiary/aromatic N) is 1. The number of hydrogen-bond acceptors (Lipinski definition) is 3. The molecule has 3 nitrogen and oxygen atoms in total. The van der Waals surface area contributed by atoms with Gasteiger partial charge in [0.15, 0.2) is 0 Å². The van der Waals surface area contributed by atoms with Gasteiger partial charge in [-0.3, -0.25) is 0 Å².